The summed E-state index contributed by atoms with van der Waals surface area (Å²) in [6.45, 7) is 11.6. The number of hydrogen-bond acceptors (Lipinski definition) is 5. The van der Waals surface area contributed by atoms with Crippen LogP contribution >= 0.6 is 0 Å². The standard InChI is InChI=1S/C23H34N4O3S/c1-17(2)22(14-24)25-8-10-26(11-9-25)23(28)20-6-5-7-21(13-20)31(29,30)27-15-18(3)12-19(4)16-27/h5-7,13,17-19,22H,8-12,15-16H2,1-4H3. The number of piperidine rings is 1. The number of sulfonamides is 1. The van der Waals surface area contributed by atoms with Gasteiger partial charge in [-0.05, 0) is 42.4 Å². The lowest BCUT2D eigenvalue weighted by Gasteiger charge is -2.38. The second-order valence-corrected chi connectivity index (χ2v) is 11.4. The van der Waals surface area contributed by atoms with Crippen molar-refractivity contribution in [1.29, 1.82) is 5.26 Å². The summed E-state index contributed by atoms with van der Waals surface area (Å²) >= 11 is 0. The fourth-order valence-electron chi connectivity index (χ4n) is 4.78. The molecule has 0 bridgehead atoms. The monoisotopic (exact) mass is 446 g/mol. The number of carbonyl (C=O) groups is 1. The van der Waals surface area contributed by atoms with Crippen LogP contribution in [0, 0.1) is 29.1 Å². The molecule has 0 aliphatic carbocycles. The van der Waals surface area contributed by atoms with Crippen molar-refractivity contribution in [3.8, 4) is 6.07 Å². The molecule has 2 fully saturated rings. The van der Waals surface area contributed by atoms with Gasteiger partial charge in [0.05, 0.1) is 11.0 Å². The Bertz CT molecular complexity index is 922. The molecule has 3 rings (SSSR count). The average molecular weight is 447 g/mol. The molecule has 2 saturated heterocycles. The molecule has 170 valence electrons. The molecule has 0 saturated carbocycles. The zero-order chi connectivity index (χ0) is 22.8. The fourth-order valence-corrected chi connectivity index (χ4v) is 6.50. The molecule has 0 N–H and O–H groups in total. The van der Waals surface area contributed by atoms with E-state index >= 15 is 0 Å². The molecule has 3 atom stereocenters. The van der Waals surface area contributed by atoms with Crippen LogP contribution in [0.3, 0.4) is 0 Å². The van der Waals surface area contributed by atoms with Crippen molar-refractivity contribution >= 4 is 15.9 Å². The van der Waals surface area contributed by atoms with Crippen LogP contribution in [0.25, 0.3) is 0 Å². The van der Waals surface area contributed by atoms with Gasteiger partial charge in [-0.1, -0.05) is 33.8 Å². The zero-order valence-electron chi connectivity index (χ0n) is 19.0. The molecule has 31 heavy (non-hydrogen) atoms. The highest BCUT2D eigenvalue weighted by Crippen LogP contribution is 2.27. The van der Waals surface area contributed by atoms with Gasteiger partial charge in [-0.25, -0.2) is 8.42 Å². The Morgan fingerprint density at radius 3 is 2.26 bits per heavy atom. The first-order valence-corrected chi connectivity index (χ1v) is 12.6. The van der Waals surface area contributed by atoms with Gasteiger partial charge >= 0.3 is 0 Å². The van der Waals surface area contributed by atoms with Crippen LogP contribution in [0.1, 0.15) is 44.5 Å². The van der Waals surface area contributed by atoms with Gasteiger partial charge in [-0.2, -0.15) is 9.57 Å². The molecule has 0 aromatic heterocycles. The molecule has 1 amide bonds. The summed E-state index contributed by atoms with van der Waals surface area (Å²) in [7, 11) is -3.63. The van der Waals surface area contributed by atoms with E-state index in [1.807, 2.05) is 13.8 Å². The van der Waals surface area contributed by atoms with Crippen molar-refractivity contribution in [1.82, 2.24) is 14.1 Å². The van der Waals surface area contributed by atoms with E-state index in [0.717, 1.165) is 6.42 Å². The van der Waals surface area contributed by atoms with Gasteiger partial charge in [0.25, 0.3) is 5.91 Å². The number of nitrogens with zero attached hydrogens (tertiary/aromatic N) is 4. The van der Waals surface area contributed by atoms with E-state index in [0.29, 0.717) is 56.7 Å². The maximum atomic E-state index is 13.2. The summed E-state index contributed by atoms with van der Waals surface area (Å²) < 4.78 is 28.0. The molecule has 0 spiro atoms. The van der Waals surface area contributed by atoms with Gasteiger partial charge in [-0.15, -0.1) is 0 Å². The Morgan fingerprint density at radius 2 is 1.71 bits per heavy atom. The molecular formula is C23H34N4O3S. The number of benzene rings is 1. The number of hydrogen-bond donors (Lipinski definition) is 0. The summed E-state index contributed by atoms with van der Waals surface area (Å²) in [4.78, 5) is 17.1. The van der Waals surface area contributed by atoms with E-state index in [1.165, 1.54) is 6.07 Å². The van der Waals surface area contributed by atoms with Crippen molar-refractivity contribution in [2.75, 3.05) is 39.3 Å². The van der Waals surface area contributed by atoms with Gasteiger partial charge in [0.2, 0.25) is 10.0 Å². The lowest BCUT2D eigenvalue weighted by Crippen LogP contribution is -2.52. The zero-order valence-corrected chi connectivity index (χ0v) is 19.8. The first kappa shape index (κ1) is 23.7. The van der Waals surface area contributed by atoms with Gasteiger partial charge in [-0.3, -0.25) is 9.69 Å². The molecule has 1 aromatic rings. The summed E-state index contributed by atoms with van der Waals surface area (Å²) in [6, 6.07) is 8.63. The largest absolute Gasteiger partial charge is 0.336 e. The SMILES string of the molecule is CC1CC(C)CN(S(=O)(=O)c2cccc(C(=O)N3CCN(C(C#N)C(C)C)CC3)c2)C1. The van der Waals surface area contributed by atoms with Crippen molar-refractivity contribution in [2.45, 2.75) is 45.1 Å². The van der Waals surface area contributed by atoms with E-state index in [2.05, 4.69) is 24.8 Å². The average Bonchev–Trinajstić information content (AvgIpc) is 2.73. The molecule has 2 aliphatic heterocycles. The summed E-state index contributed by atoms with van der Waals surface area (Å²) in [5.74, 6) is 0.718. The van der Waals surface area contributed by atoms with Gasteiger partial charge in [0.15, 0.2) is 0 Å². The molecule has 2 heterocycles. The van der Waals surface area contributed by atoms with E-state index in [-0.39, 0.29) is 22.8 Å². The van der Waals surface area contributed by atoms with Crippen LogP contribution in [-0.2, 0) is 10.0 Å². The number of carbonyl (C=O) groups excluding carboxylic acids is 1. The van der Waals surface area contributed by atoms with E-state index in [9.17, 15) is 18.5 Å². The normalized spacial score (nSPS) is 24.7. The van der Waals surface area contributed by atoms with Crippen LogP contribution < -0.4 is 0 Å². The van der Waals surface area contributed by atoms with Gasteiger partial charge in [0.1, 0.15) is 6.04 Å². The minimum atomic E-state index is -3.63. The molecule has 0 radical (unpaired) electrons. The lowest BCUT2D eigenvalue weighted by atomic mass is 9.94. The second kappa shape index (κ2) is 9.68. The van der Waals surface area contributed by atoms with Crippen molar-refractivity contribution in [3.63, 3.8) is 0 Å². The Labute approximate surface area is 186 Å². The van der Waals surface area contributed by atoms with E-state index in [4.69, 9.17) is 0 Å². The fraction of sp³-hybridized carbons (Fsp3) is 0.652. The van der Waals surface area contributed by atoms with Crippen molar-refractivity contribution in [2.24, 2.45) is 17.8 Å². The Kier molecular flexibility index (Phi) is 7.40. The third-order valence-electron chi connectivity index (χ3n) is 6.31. The smallest absolute Gasteiger partial charge is 0.253 e. The van der Waals surface area contributed by atoms with Crippen LogP contribution in [0.5, 0.6) is 0 Å². The first-order valence-electron chi connectivity index (χ1n) is 11.2. The van der Waals surface area contributed by atoms with E-state index in [1.54, 1.807) is 27.4 Å². The molecule has 2 aliphatic rings. The Balaban J connectivity index is 1.72. The maximum Gasteiger partial charge on any atom is 0.253 e. The Hall–Kier alpha value is -1.95. The number of piperazine rings is 1. The van der Waals surface area contributed by atoms with Crippen LogP contribution in [0.4, 0.5) is 0 Å². The highest BCUT2D eigenvalue weighted by Gasteiger charge is 2.33. The highest BCUT2D eigenvalue weighted by molar-refractivity contribution is 7.89. The van der Waals surface area contributed by atoms with Crippen molar-refractivity contribution < 1.29 is 13.2 Å². The van der Waals surface area contributed by atoms with Crippen LogP contribution in [-0.4, -0.2) is 73.7 Å². The number of nitriles is 1. The third-order valence-corrected chi connectivity index (χ3v) is 8.14. The predicted octanol–water partition coefficient (Wildman–Crippen LogP) is 2.66. The van der Waals surface area contributed by atoms with Crippen LogP contribution in [0.2, 0.25) is 0 Å². The van der Waals surface area contributed by atoms with Gasteiger partial charge in [0, 0.05) is 44.8 Å². The summed E-state index contributed by atoms with van der Waals surface area (Å²) in [5.41, 5.74) is 0.397. The molecule has 1 aromatic carbocycles. The topological polar surface area (TPSA) is 84.7 Å². The van der Waals surface area contributed by atoms with Crippen LogP contribution in [0.15, 0.2) is 29.2 Å². The Morgan fingerprint density at radius 1 is 1.10 bits per heavy atom. The first-order chi connectivity index (χ1) is 14.6. The molecule has 8 heteroatoms. The maximum absolute atomic E-state index is 13.2. The number of amides is 1. The lowest BCUT2D eigenvalue weighted by molar-refractivity contribution is 0.0576. The summed E-state index contributed by atoms with van der Waals surface area (Å²) in [5, 5.41) is 9.42. The summed E-state index contributed by atoms with van der Waals surface area (Å²) in [6.07, 6.45) is 1.03. The second-order valence-electron chi connectivity index (χ2n) is 9.44. The minimum Gasteiger partial charge on any atom is -0.336 e. The third kappa shape index (κ3) is 5.28. The highest BCUT2D eigenvalue weighted by atomic mass is 32.2. The predicted molar refractivity (Wildman–Crippen MR) is 120 cm³/mol. The minimum absolute atomic E-state index is 0.153. The molecular weight excluding hydrogens is 412 g/mol. The molecule has 3 unspecified atom stereocenters. The quantitative estimate of drug-likeness (QED) is 0.694. The number of rotatable bonds is 5. The van der Waals surface area contributed by atoms with E-state index < -0.39 is 10.0 Å². The molecule has 7 nitrogen and oxygen atoms in total. The van der Waals surface area contributed by atoms with Gasteiger partial charge < -0.3 is 4.90 Å². The van der Waals surface area contributed by atoms with Crippen molar-refractivity contribution in [3.05, 3.63) is 29.8 Å².